The minimum Gasteiger partial charge on any atom is -0.341 e. The lowest BCUT2D eigenvalue weighted by Gasteiger charge is -2.17. The number of benzene rings is 1. The molecule has 1 saturated carbocycles. The number of anilines is 2. The highest BCUT2D eigenvalue weighted by Crippen LogP contribution is 2.41. The molecule has 0 radical (unpaired) electrons. The fourth-order valence-corrected chi connectivity index (χ4v) is 4.81. The van der Waals surface area contributed by atoms with Crippen LogP contribution in [-0.4, -0.2) is 49.3 Å². The molecule has 9 heteroatoms. The van der Waals surface area contributed by atoms with Crippen LogP contribution in [0.4, 0.5) is 11.8 Å². The van der Waals surface area contributed by atoms with E-state index in [1.54, 1.807) is 6.20 Å². The first-order chi connectivity index (χ1) is 15.2. The van der Waals surface area contributed by atoms with Gasteiger partial charge in [0, 0.05) is 25.2 Å². The highest BCUT2D eigenvalue weighted by Gasteiger charge is 2.32. The summed E-state index contributed by atoms with van der Waals surface area (Å²) < 4.78 is 4.06. The normalized spacial score (nSPS) is 16.1. The maximum atomic E-state index is 12.7. The second kappa shape index (κ2) is 8.74. The summed E-state index contributed by atoms with van der Waals surface area (Å²) in [5.74, 6) is 1.90. The fraction of sp³-hybridized carbons (Fsp3) is 0.455. The number of carbonyl (C=O) groups excluding carboxylic acids is 1. The van der Waals surface area contributed by atoms with Gasteiger partial charge in [-0.25, -0.2) is 4.68 Å². The number of nitrogens with zero attached hydrogens (tertiary/aromatic N) is 6. The third-order valence-corrected chi connectivity index (χ3v) is 6.62. The quantitative estimate of drug-likeness (QED) is 0.543. The van der Waals surface area contributed by atoms with Crippen molar-refractivity contribution in [1.29, 1.82) is 0 Å². The van der Waals surface area contributed by atoms with Crippen molar-refractivity contribution >= 4 is 29.4 Å². The van der Waals surface area contributed by atoms with Gasteiger partial charge in [0.25, 0.3) is 0 Å². The van der Waals surface area contributed by atoms with Crippen LogP contribution in [0.1, 0.15) is 42.9 Å². The molecule has 1 aliphatic heterocycles. The van der Waals surface area contributed by atoms with Crippen molar-refractivity contribution in [2.45, 2.75) is 50.4 Å². The number of amides is 1. The van der Waals surface area contributed by atoms with Gasteiger partial charge in [0.1, 0.15) is 5.82 Å². The molecule has 1 aliphatic carbocycles. The van der Waals surface area contributed by atoms with Crippen molar-refractivity contribution in [2.75, 3.05) is 29.1 Å². The van der Waals surface area contributed by atoms with Crippen molar-refractivity contribution in [3.63, 3.8) is 0 Å². The van der Waals surface area contributed by atoms with Gasteiger partial charge in [0.2, 0.25) is 11.9 Å². The van der Waals surface area contributed by atoms with E-state index in [2.05, 4.69) is 55.2 Å². The van der Waals surface area contributed by atoms with E-state index in [0.717, 1.165) is 42.6 Å². The average molecular weight is 438 g/mol. The Morgan fingerprint density at radius 2 is 2.03 bits per heavy atom. The largest absolute Gasteiger partial charge is 0.341 e. The Labute approximate surface area is 186 Å². The third kappa shape index (κ3) is 4.61. The lowest BCUT2D eigenvalue weighted by molar-refractivity contribution is -0.113. The van der Waals surface area contributed by atoms with E-state index in [1.807, 2.05) is 16.8 Å². The van der Waals surface area contributed by atoms with Gasteiger partial charge in [-0.1, -0.05) is 41.6 Å². The molecule has 3 aromatic rings. The molecule has 0 spiro atoms. The lowest BCUT2D eigenvalue weighted by Crippen LogP contribution is -2.22. The second-order valence-electron chi connectivity index (χ2n) is 8.28. The van der Waals surface area contributed by atoms with Gasteiger partial charge in [0.05, 0.1) is 18.5 Å². The van der Waals surface area contributed by atoms with Crippen molar-refractivity contribution in [1.82, 2.24) is 24.5 Å². The van der Waals surface area contributed by atoms with Crippen LogP contribution < -0.4 is 10.2 Å². The molecular formula is C22H27N7OS. The predicted octanol–water partition coefficient (Wildman–Crippen LogP) is 3.50. The Bertz CT molecular complexity index is 1070. The van der Waals surface area contributed by atoms with Crippen molar-refractivity contribution in [3.8, 4) is 0 Å². The first-order valence-electron chi connectivity index (χ1n) is 10.9. The number of aryl methyl sites for hydroxylation is 1. The van der Waals surface area contributed by atoms with E-state index in [9.17, 15) is 4.79 Å². The first-order valence-corrected chi connectivity index (χ1v) is 11.9. The summed E-state index contributed by atoms with van der Waals surface area (Å²) in [7, 11) is 0. The van der Waals surface area contributed by atoms with Gasteiger partial charge < -0.3 is 10.2 Å². The van der Waals surface area contributed by atoms with Crippen LogP contribution in [-0.2, 0) is 11.3 Å². The Morgan fingerprint density at radius 3 is 2.81 bits per heavy atom. The van der Waals surface area contributed by atoms with Crippen molar-refractivity contribution in [2.24, 2.45) is 0 Å². The Morgan fingerprint density at radius 1 is 1.19 bits per heavy atom. The molecule has 1 aromatic carbocycles. The number of carbonyl (C=O) groups is 1. The maximum Gasteiger partial charge on any atom is 0.235 e. The van der Waals surface area contributed by atoms with Gasteiger partial charge in [0.15, 0.2) is 5.16 Å². The SMILES string of the molecule is Cc1cccc(Cn2nccc2NC(=O)CSc2nnc(N3CCCC3)n2C2CC2)c1. The van der Waals surface area contributed by atoms with Crippen LogP contribution >= 0.6 is 11.8 Å². The zero-order valence-corrected chi connectivity index (χ0v) is 18.5. The molecule has 162 valence electrons. The summed E-state index contributed by atoms with van der Waals surface area (Å²) in [6, 6.07) is 10.6. The summed E-state index contributed by atoms with van der Waals surface area (Å²) in [5, 5.41) is 17.1. The Hall–Kier alpha value is -2.81. The van der Waals surface area contributed by atoms with E-state index in [4.69, 9.17) is 0 Å². The molecule has 1 saturated heterocycles. The topological polar surface area (TPSA) is 80.9 Å². The molecule has 0 atom stereocenters. The van der Waals surface area contributed by atoms with Crippen LogP contribution in [0, 0.1) is 6.92 Å². The zero-order valence-electron chi connectivity index (χ0n) is 17.7. The summed E-state index contributed by atoms with van der Waals surface area (Å²) in [4.78, 5) is 15.0. The molecule has 2 aromatic heterocycles. The highest BCUT2D eigenvalue weighted by molar-refractivity contribution is 7.99. The van der Waals surface area contributed by atoms with Crippen LogP contribution in [0.2, 0.25) is 0 Å². The predicted molar refractivity (Wildman–Crippen MR) is 122 cm³/mol. The number of rotatable bonds is 8. The lowest BCUT2D eigenvalue weighted by atomic mass is 10.1. The van der Waals surface area contributed by atoms with Crippen LogP contribution in [0.5, 0.6) is 0 Å². The Balaban J connectivity index is 1.22. The number of hydrogen-bond donors (Lipinski definition) is 1. The molecule has 0 bridgehead atoms. The van der Waals surface area contributed by atoms with Gasteiger partial charge in [-0.2, -0.15) is 5.10 Å². The summed E-state index contributed by atoms with van der Waals surface area (Å²) >= 11 is 1.46. The van der Waals surface area contributed by atoms with Gasteiger partial charge in [-0.05, 0) is 38.2 Å². The number of aromatic nitrogens is 5. The minimum atomic E-state index is -0.0657. The van der Waals surface area contributed by atoms with Gasteiger partial charge in [-0.15, -0.1) is 10.2 Å². The average Bonchev–Trinajstić information content (AvgIpc) is 3.14. The molecule has 2 fully saturated rings. The summed E-state index contributed by atoms with van der Waals surface area (Å²) in [6.07, 6.45) is 6.45. The zero-order chi connectivity index (χ0) is 21.2. The van der Waals surface area contributed by atoms with Gasteiger partial charge >= 0.3 is 0 Å². The number of thioether (sulfide) groups is 1. The van der Waals surface area contributed by atoms with E-state index in [1.165, 1.54) is 30.2 Å². The monoisotopic (exact) mass is 437 g/mol. The maximum absolute atomic E-state index is 12.7. The van der Waals surface area contributed by atoms with Crippen LogP contribution in [0.15, 0.2) is 41.7 Å². The van der Waals surface area contributed by atoms with E-state index in [0.29, 0.717) is 24.2 Å². The molecule has 5 rings (SSSR count). The minimum absolute atomic E-state index is 0.0657. The molecule has 31 heavy (non-hydrogen) atoms. The third-order valence-electron chi connectivity index (χ3n) is 5.68. The summed E-state index contributed by atoms with van der Waals surface area (Å²) in [6.45, 7) is 4.77. The molecule has 3 heterocycles. The first kappa shape index (κ1) is 20.1. The van der Waals surface area contributed by atoms with Crippen molar-refractivity contribution in [3.05, 3.63) is 47.7 Å². The summed E-state index contributed by atoms with van der Waals surface area (Å²) in [5.41, 5.74) is 2.36. The number of nitrogens with one attached hydrogen (secondary N) is 1. The van der Waals surface area contributed by atoms with Crippen LogP contribution in [0.25, 0.3) is 0 Å². The molecule has 1 N–H and O–H groups in total. The molecule has 0 unspecified atom stereocenters. The van der Waals surface area contributed by atoms with E-state index >= 15 is 0 Å². The van der Waals surface area contributed by atoms with Crippen LogP contribution in [0.3, 0.4) is 0 Å². The molecule has 1 amide bonds. The van der Waals surface area contributed by atoms with Crippen molar-refractivity contribution < 1.29 is 4.79 Å². The molecule has 2 aliphatic rings. The molecular weight excluding hydrogens is 410 g/mol. The second-order valence-corrected chi connectivity index (χ2v) is 9.22. The highest BCUT2D eigenvalue weighted by atomic mass is 32.2. The van der Waals surface area contributed by atoms with E-state index in [-0.39, 0.29) is 5.91 Å². The fourth-order valence-electron chi connectivity index (χ4n) is 4.01. The van der Waals surface area contributed by atoms with Gasteiger partial charge in [-0.3, -0.25) is 9.36 Å². The Kier molecular flexibility index (Phi) is 5.67. The molecule has 8 nitrogen and oxygen atoms in total. The standard InChI is InChI=1S/C22H27N7OS/c1-16-5-4-6-17(13-16)14-28-19(9-10-23-28)24-20(30)15-31-22-26-25-21(27-11-2-3-12-27)29(22)18-7-8-18/h4-6,9-10,13,18H,2-3,7-8,11-12,14-15H2,1H3,(H,24,30). The van der Waals surface area contributed by atoms with E-state index < -0.39 is 0 Å². The smallest absolute Gasteiger partial charge is 0.235 e. The number of hydrogen-bond acceptors (Lipinski definition) is 6.